The van der Waals surface area contributed by atoms with E-state index in [-0.39, 0.29) is 24.2 Å². The first kappa shape index (κ1) is 16.1. The van der Waals surface area contributed by atoms with Crippen LogP contribution in [0.2, 0.25) is 0 Å². The highest BCUT2D eigenvalue weighted by Crippen LogP contribution is 2.39. The van der Waals surface area contributed by atoms with E-state index in [1.165, 1.54) is 23.9 Å². The highest BCUT2D eigenvalue weighted by Gasteiger charge is 2.31. The highest BCUT2D eigenvalue weighted by molar-refractivity contribution is 5.75. The molecular weight excluding hydrogens is 316 g/mol. The number of hydrogen-bond donors (Lipinski definition) is 1. The molecule has 2 aliphatic carbocycles. The second kappa shape index (κ2) is 6.86. The molecule has 1 heterocycles. The van der Waals surface area contributed by atoms with E-state index in [1.54, 1.807) is 4.57 Å². The van der Waals surface area contributed by atoms with Crippen LogP contribution in [-0.4, -0.2) is 26.3 Å². The number of rotatable bonds is 5. The largest absolute Gasteiger partial charge is 0.352 e. The second-order valence-electron chi connectivity index (χ2n) is 7.15. The first-order valence-corrected chi connectivity index (χ1v) is 9.27. The number of amides is 1. The van der Waals surface area contributed by atoms with Crippen molar-refractivity contribution in [3.63, 3.8) is 0 Å². The van der Waals surface area contributed by atoms with E-state index in [0.717, 1.165) is 37.2 Å². The van der Waals surface area contributed by atoms with E-state index in [0.29, 0.717) is 5.92 Å². The molecule has 2 aliphatic rings. The zero-order chi connectivity index (χ0) is 17.2. The quantitative estimate of drug-likeness (QED) is 0.908. The van der Waals surface area contributed by atoms with E-state index in [1.807, 2.05) is 30.3 Å². The van der Waals surface area contributed by atoms with Gasteiger partial charge in [-0.15, -0.1) is 0 Å². The van der Waals surface area contributed by atoms with Crippen molar-refractivity contribution >= 4 is 5.91 Å². The summed E-state index contributed by atoms with van der Waals surface area (Å²) in [4.78, 5) is 25.2. The fraction of sp³-hybridized carbons (Fsp3) is 0.526. The Bertz CT molecular complexity index is 799. The monoisotopic (exact) mass is 340 g/mol. The van der Waals surface area contributed by atoms with Crippen LogP contribution in [-0.2, 0) is 11.3 Å². The van der Waals surface area contributed by atoms with Crippen molar-refractivity contribution in [1.29, 1.82) is 0 Å². The Morgan fingerprint density at radius 1 is 1.08 bits per heavy atom. The van der Waals surface area contributed by atoms with E-state index < -0.39 is 0 Å². The summed E-state index contributed by atoms with van der Waals surface area (Å²) in [6.45, 7) is -0.00507. The predicted octanol–water partition coefficient (Wildman–Crippen LogP) is 2.36. The molecule has 6 heteroatoms. The SMILES string of the molecule is O=C(Cn1nc(C2CC2)n(-c2ccccc2)c1=O)NC1CCCCC1. The number of nitrogens with zero attached hydrogens (tertiary/aromatic N) is 3. The van der Waals surface area contributed by atoms with Crippen LogP contribution in [0.15, 0.2) is 35.1 Å². The number of hydrogen-bond acceptors (Lipinski definition) is 3. The van der Waals surface area contributed by atoms with Crippen LogP contribution in [0.5, 0.6) is 0 Å². The van der Waals surface area contributed by atoms with Gasteiger partial charge in [0.1, 0.15) is 12.4 Å². The Kier molecular flexibility index (Phi) is 4.42. The van der Waals surface area contributed by atoms with Crippen molar-refractivity contribution in [3.8, 4) is 5.69 Å². The van der Waals surface area contributed by atoms with Crippen LogP contribution in [0.25, 0.3) is 5.69 Å². The van der Waals surface area contributed by atoms with Crippen molar-refractivity contribution < 1.29 is 4.79 Å². The smallest absolute Gasteiger partial charge is 0.351 e. The summed E-state index contributed by atoms with van der Waals surface area (Å²) >= 11 is 0. The van der Waals surface area contributed by atoms with Gasteiger partial charge in [0.25, 0.3) is 0 Å². The summed E-state index contributed by atoms with van der Waals surface area (Å²) in [6.07, 6.45) is 7.75. The maximum Gasteiger partial charge on any atom is 0.351 e. The van der Waals surface area contributed by atoms with Gasteiger partial charge in [-0.1, -0.05) is 37.5 Å². The summed E-state index contributed by atoms with van der Waals surface area (Å²) in [5.41, 5.74) is 0.584. The van der Waals surface area contributed by atoms with Gasteiger partial charge in [-0.25, -0.2) is 14.0 Å². The molecule has 2 fully saturated rings. The van der Waals surface area contributed by atoms with Gasteiger partial charge in [0.05, 0.1) is 5.69 Å². The van der Waals surface area contributed by atoms with Crippen molar-refractivity contribution in [2.24, 2.45) is 0 Å². The normalized spacial score (nSPS) is 18.2. The maximum absolute atomic E-state index is 12.8. The Balaban J connectivity index is 1.56. The summed E-state index contributed by atoms with van der Waals surface area (Å²) < 4.78 is 2.98. The summed E-state index contributed by atoms with van der Waals surface area (Å²) in [7, 11) is 0. The molecule has 0 saturated heterocycles. The van der Waals surface area contributed by atoms with Crippen LogP contribution in [0.4, 0.5) is 0 Å². The molecule has 0 atom stereocenters. The molecule has 0 spiro atoms. The maximum atomic E-state index is 12.8. The lowest BCUT2D eigenvalue weighted by Gasteiger charge is -2.22. The standard InChI is InChI=1S/C19H24N4O2/c24-17(20-15-7-3-1-4-8-15)13-22-19(25)23(16-9-5-2-6-10-16)18(21-22)14-11-12-14/h2,5-6,9-10,14-15H,1,3-4,7-8,11-13H2,(H,20,24). The number of benzene rings is 1. The van der Waals surface area contributed by atoms with Crippen LogP contribution in [0, 0.1) is 0 Å². The number of aromatic nitrogens is 3. The number of carbonyl (C=O) groups is 1. The average Bonchev–Trinajstić information content (AvgIpc) is 3.42. The third-order valence-electron chi connectivity index (χ3n) is 5.08. The van der Waals surface area contributed by atoms with E-state index in [9.17, 15) is 9.59 Å². The number of carbonyl (C=O) groups excluding carboxylic acids is 1. The van der Waals surface area contributed by atoms with Crippen molar-refractivity contribution in [2.75, 3.05) is 0 Å². The molecule has 0 bridgehead atoms. The third-order valence-corrected chi connectivity index (χ3v) is 5.08. The molecule has 6 nitrogen and oxygen atoms in total. The van der Waals surface area contributed by atoms with Gasteiger partial charge >= 0.3 is 5.69 Å². The Morgan fingerprint density at radius 3 is 2.48 bits per heavy atom. The molecule has 1 aromatic carbocycles. The molecule has 0 radical (unpaired) electrons. The van der Waals surface area contributed by atoms with Crippen molar-refractivity contribution in [2.45, 2.75) is 63.5 Å². The van der Waals surface area contributed by atoms with E-state index in [2.05, 4.69) is 10.4 Å². The zero-order valence-electron chi connectivity index (χ0n) is 14.4. The van der Waals surface area contributed by atoms with E-state index in [4.69, 9.17) is 0 Å². The fourth-order valence-electron chi connectivity index (χ4n) is 3.61. The molecule has 1 N–H and O–H groups in total. The predicted molar refractivity (Wildman–Crippen MR) is 94.8 cm³/mol. The minimum absolute atomic E-state index is 0.00507. The first-order chi connectivity index (χ1) is 12.2. The molecular formula is C19H24N4O2. The third kappa shape index (κ3) is 3.52. The van der Waals surface area contributed by atoms with E-state index >= 15 is 0 Å². The molecule has 132 valence electrons. The minimum Gasteiger partial charge on any atom is -0.352 e. The van der Waals surface area contributed by atoms with Crippen molar-refractivity contribution in [1.82, 2.24) is 19.7 Å². The molecule has 0 unspecified atom stereocenters. The van der Waals surface area contributed by atoms with Gasteiger partial charge in [0.15, 0.2) is 0 Å². The fourth-order valence-corrected chi connectivity index (χ4v) is 3.61. The van der Waals surface area contributed by atoms with Gasteiger partial charge in [0, 0.05) is 12.0 Å². The number of nitrogens with one attached hydrogen (secondary N) is 1. The lowest BCUT2D eigenvalue weighted by molar-refractivity contribution is -0.122. The van der Waals surface area contributed by atoms with Gasteiger partial charge < -0.3 is 5.32 Å². The molecule has 1 aromatic heterocycles. The highest BCUT2D eigenvalue weighted by atomic mass is 16.2. The molecule has 25 heavy (non-hydrogen) atoms. The van der Waals surface area contributed by atoms with Gasteiger partial charge in [-0.05, 0) is 37.8 Å². The van der Waals surface area contributed by atoms with Gasteiger partial charge in [0.2, 0.25) is 5.91 Å². The molecule has 0 aliphatic heterocycles. The second-order valence-corrected chi connectivity index (χ2v) is 7.15. The van der Waals surface area contributed by atoms with Gasteiger partial charge in [-0.3, -0.25) is 4.79 Å². The molecule has 4 rings (SSSR count). The molecule has 2 saturated carbocycles. The summed E-state index contributed by atoms with van der Waals surface area (Å²) in [5.74, 6) is 0.992. The van der Waals surface area contributed by atoms with Crippen LogP contribution >= 0.6 is 0 Å². The molecule has 1 amide bonds. The lowest BCUT2D eigenvalue weighted by atomic mass is 9.95. The first-order valence-electron chi connectivity index (χ1n) is 9.27. The van der Waals surface area contributed by atoms with Gasteiger partial charge in [-0.2, -0.15) is 5.10 Å². The number of para-hydroxylation sites is 1. The topological polar surface area (TPSA) is 68.9 Å². The molecule has 2 aromatic rings. The Morgan fingerprint density at radius 2 is 1.80 bits per heavy atom. The Hall–Kier alpha value is -2.37. The van der Waals surface area contributed by atoms with Crippen LogP contribution < -0.4 is 11.0 Å². The van der Waals surface area contributed by atoms with Crippen LogP contribution in [0.3, 0.4) is 0 Å². The summed E-state index contributed by atoms with van der Waals surface area (Å²) in [5, 5.41) is 7.55. The van der Waals surface area contributed by atoms with Crippen LogP contribution in [0.1, 0.15) is 56.7 Å². The summed E-state index contributed by atoms with van der Waals surface area (Å²) in [6, 6.07) is 9.80. The minimum atomic E-state index is -0.230. The zero-order valence-corrected chi connectivity index (χ0v) is 14.4. The average molecular weight is 340 g/mol. The van der Waals surface area contributed by atoms with Crippen molar-refractivity contribution in [3.05, 3.63) is 46.6 Å². The lowest BCUT2D eigenvalue weighted by Crippen LogP contribution is -2.40. The Labute approximate surface area is 146 Å².